The van der Waals surface area contributed by atoms with Gasteiger partial charge in [0.2, 0.25) is 5.91 Å². The first-order valence-electron chi connectivity index (χ1n) is 7.12. The van der Waals surface area contributed by atoms with Crippen LogP contribution in [0.2, 0.25) is 0 Å². The third-order valence-corrected chi connectivity index (χ3v) is 5.02. The molecule has 0 unspecified atom stereocenters. The molecule has 3 rings (SSSR count). The number of carbonyl (C=O) groups excluding carboxylic acids is 1. The van der Waals surface area contributed by atoms with Gasteiger partial charge in [-0.25, -0.2) is 0 Å². The van der Waals surface area contributed by atoms with Crippen LogP contribution in [-0.2, 0) is 4.79 Å². The van der Waals surface area contributed by atoms with E-state index in [0.29, 0.717) is 12.4 Å². The molecule has 114 valence electrons. The summed E-state index contributed by atoms with van der Waals surface area (Å²) >= 11 is 4.95. The van der Waals surface area contributed by atoms with Gasteiger partial charge in [-0.15, -0.1) is 11.8 Å². The molecule has 1 aliphatic rings. The van der Waals surface area contributed by atoms with Crippen LogP contribution in [0.3, 0.4) is 0 Å². The molecular formula is C17H16BrNO2S. The van der Waals surface area contributed by atoms with Gasteiger partial charge in [0.05, 0.1) is 18.4 Å². The van der Waals surface area contributed by atoms with Crippen LogP contribution in [0.15, 0.2) is 57.9 Å². The Labute approximate surface area is 142 Å². The molecule has 1 amide bonds. The standard InChI is InChI=1S/C17H16BrNO2S/c18-12-5-7-13(8-6-12)22-11-17(20)19-15-9-10-21-16-4-2-1-3-14(15)16/h1-8,15H,9-11H2,(H,19,20)/t15-/m1/s1. The molecule has 0 spiro atoms. The molecule has 0 aliphatic carbocycles. The number of ether oxygens (including phenoxy) is 1. The molecule has 0 fully saturated rings. The van der Waals surface area contributed by atoms with Gasteiger partial charge in [0.1, 0.15) is 5.75 Å². The number of amides is 1. The fourth-order valence-electron chi connectivity index (χ4n) is 2.41. The third-order valence-electron chi connectivity index (χ3n) is 3.48. The highest BCUT2D eigenvalue weighted by molar-refractivity contribution is 9.10. The van der Waals surface area contributed by atoms with Crippen LogP contribution in [0.4, 0.5) is 0 Å². The molecule has 0 aromatic heterocycles. The first-order valence-corrected chi connectivity index (χ1v) is 8.90. The minimum atomic E-state index is 0.0444. The third kappa shape index (κ3) is 3.84. The number of benzene rings is 2. The van der Waals surface area contributed by atoms with Gasteiger partial charge in [-0.2, -0.15) is 0 Å². The van der Waals surface area contributed by atoms with Gasteiger partial charge >= 0.3 is 0 Å². The number of hydrogen-bond acceptors (Lipinski definition) is 3. The lowest BCUT2D eigenvalue weighted by atomic mass is 10.0. The summed E-state index contributed by atoms with van der Waals surface area (Å²) in [7, 11) is 0. The van der Waals surface area contributed by atoms with Crippen LogP contribution in [0.1, 0.15) is 18.0 Å². The highest BCUT2D eigenvalue weighted by Gasteiger charge is 2.22. The van der Waals surface area contributed by atoms with Gasteiger partial charge in [0, 0.05) is 21.4 Å². The van der Waals surface area contributed by atoms with Crippen LogP contribution < -0.4 is 10.1 Å². The smallest absolute Gasteiger partial charge is 0.230 e. The summed E-state index contributed by atoms with van der Waals surface area (Å²) in [5, 5.41) is 3.11. The van der Waals surface area contributed by atoms with Crippen molar-refractivity contribution in [1.29, 1.82) is 0 Å². The first-order chi connectivity index (χ1) is 10.7. The van der Waals surface area contributed by atoms with Crippen molar-refractivity contribution >= 4 is 33.6 Å². The van der Waals surface area contributed by atoms with Crippen molar-refractivity contribution < 1.29 is 9.53 Å². The Bertz CT molecular complexity index is 660. The van der Waals surface area contributed by atoms with Crippen LogP contribution in [0.5, 0.6) is 5.75 Å². The lowest BCUT2D eigenvalue weighted by molar-refractivity contribution is -0.119. The van der Waals surface area contributed by atoms with E-state index in [0.717, 1.165) is 27.1 Å². The van der Waals surface area contributed by atoms with E-state index in [2.05, 4.69) is 21.2 Å². The van der Waals surface area contributed by atoms with E-state index in [9.17, 15) is 4.79 Å². The molecule has 0 bridgehead atoms. The Morgan fingerprint density at radius 2 is 2.00 bits per heavy atom. The molecule has 2 aromatic carbocycles. The zero-order valence-corrected chi connectivity index (χ0v) is 14.3. The SMILES string of the molecule is O=C(CSc1ccc(Br)cc1)N[C@@H]1CCOc2ccccc21. The fraction of sp³-hybridized carbons (Fsp3) is 0.235. The minimum Gasteiger partial charge on any atom is -0.493 e. The van der Waals surface area contributed by atoms with Crippen molar-refractivity contribution in [3.8, 4) is 5.75 Å². The van der Waals surface area contributed by atoms with Crippen molar-refractivity contribution in [1.82, 2.24) is 5.32 Å². The summed E-state index contributed by atoms with van der Waals surface area (Å²) < 4.78 is 6.66. The maximum Gasteiger partial charge on any atom is 0.230 e. The second kappa shape index (κ2) is 7.20. The monoisotopic (exact) mass is 377 g/mol. The second-order valence-corrected chi connectivity index (χ2v) is 7.00. The number of hydrogen-bond donors (Lipinski definition) is 1. The Hall–Kier alpha value is -1.46. The number of thioether (sulfide) groups is 1. The van der Waals surface area contributed by atoms with Gasteiger partial charge in [-0.05, 0) is 30.3 Å². The van der Waals surface area contributed by atoms with Crippen molar-refractivity contribution in [2.45, 2.75) is 17.4 Å². The number of para-hydroxylation sites is 1. The van der Waals surface area contributed by atoms with Crippen LogP contribution in [0, 0.1) is 0 Å². The number of carbonyl (C=O) groups is 1. The van der Waals surface area contributed by atoms with Gasteiger partial charge < -0.3 is 10.1 Å². The lowest BCUT2D eigenvalue weighted by Crippen LogP contribution is -2.33. The molecular weight excluding hydrogens is 362 g/mol. The molecule has 0 saturated carbocycles. The fourth-order valence-corrected chi connectivity index (χ4v) is 3.38. The summed E-state index contributed by atoms with van der Waals surface area (Å²) in [6.45, 7) is 0.641. The minimum absolute atomic E-state index is 0.0444. The maximum absolute atomic E-state index is 12.2. The van der Waals surface area contributed by atoms with Crippen molar-refractivity contribution in [3.05, 3.63) is 58.6 Å². The van der Waals surface area contributed by atoms with E-state index in [1.807, 2.05) is 48.5 Å². The summed E-state index contributed by atoms with van der Waals surface area (Å²) in [6.07, 6.45) is 0.811. The van der Waals surface area contributed by atoms with Gasteiger partial charge in [0.15, 0.2) is 0 Å². The number of nitrogens with one attached hydrogen (secondary N) is 1. The van der Waals surface area contributed by atoms with Crippen LogP contribution >= 0.6 is 27.7 Å². The van der Waals surface area contributed by atoms with Gasteiger partial charge in [-0.3, -0.25) is 4.79 Å². The molecule has 3 nitrogen and oxygen atoms in total. The largest absolute Gasteiger partial charge is 0.493 e. The first kappa shape index (κ1) is 15.4. The van der Waals surface area contributed by atoms with E-state index in [-0.39, 0.29) is 11.9 Å². The van der Waals surface area contributed by atoms with E-state index < -0.39 is 0 Å². The Kier molecular flexibility index (Phi) is 5.05. The quantitative estimate of drug-likeness (QED) is 0.812. The van der Waals surface area contributed by atoms with Gasteiger partial charge in [-0.1, -0.05) is 34.1 Å². The molecule has 0 saturated heterocycles. The highest BCUT2D eigenvalue weighted by atomic mass is 79.9. The number of halogens is 1. The molecule has 0 radical (unpaired) electrons. The average Bonchev–Trinajstić information content (AvgIpc) is 2.55. The normalized spacial score (nSPS) is 16.5. The predicted octanol–water partition coefficient (Wildman–Crippen LogP) is 4.18. The Morgan fingerprint density at radius 1 is 1.23 bits per heavy atom. The van der Waals surface area contributed by atoms with E-state index >= 15 is 0 Å². The topological polar surface area (TPSA) is 38.3 Å². The van der Waals surface area contributed by atoms with Crippen molar-refractivity contribution in [2.75, 3.05) is 12.4 Å². The van der Waals surface area contributed by atoms with Crippen LogP contribution in [-0.4, -0.2) is 18.3 Å². The average molecular weight is 378 g/mol. The molecule has 1 aliphatic heterocycles. The molecule has 1 atom stereocenters. The van der Waals surface area contributed by atoms with E-state index in [1.165, 1.54) is 0 Å². The lowest BCUT2D eigenvalue weighted by Gasteiger charge is -2.26. The predicted molar refractivity (Wildman–Crippen MR) is 92.3 cm³/mol. The summed E-state index contributed by atoms with van der Waals surface area (Å²) in [6, 6.07) is 15.9. The Balaban J connectivity index is 1.57. The molecule has 1 heterocycles. The van der Waals surface area contributed by atoms with E-state index in [4.69, 9.17) is 4.74 Å². The van der Waals surface area contributed by atoms with Gasteiger partial charge in [0.25, 0.3) is 0 Å². The second-order valence-electron chi connectivity index (χ2n) is 5.04. The van der Waals surface area contributed by atoms with Crippen molar-refractivity contribution in [2.24, 2.45) is 0 Å². The molecule has 5 heteroatoms. The van der Waals surface area contributed by atoms with E-state index in [1.54, 1.807) is 11.8 Å². The summed E-state index contributed by atoms with van der Waals surface area (Å²) in [5.41, 5.74) is 1.07. The molecule has 22 heavy (non-hydrogen) atoms. The number of fused-ring (bicyclic) bond motifs is 1. The zero-order valence-electron chi connectivity index (χ0n) is 11.9. The molecule has 1 N–H and O–H groups in total. The molecule has 2 aromatic rings. The van der Waals surface area contributed by atoms with Crippen LogP contribution in [0.25, 0.3) is 0 Å². The summed E-state index contributed by atoms with van der Waals surface area (Å²) in [4.78, 5) is 13.3. The Morgan fingerprint density at radius 3 is 2.82 bits per heavy atom. The summed E-state index contributed by atoms with van der Waals surface area (Å²) in [5.74, 6) is 1.34. The van der Waals surface area contributed by atoms with Crippen molar-refractivity contribution in [3.63, 3.8) is 0 Å². The highest BCUT2D eigenvalue weighted by Crippen LogP contribution is 2.31. The number of rotatable bonds is 4. The maximum atomic E-state index is 12.2. The zero-order chi connectivity index (χ0) is 15.4.